The van der Waals surface area contributed by atoms with Gasteiger partial charge in [0.15, 0.2) is 0 Å². The Morgan fingerprint density at radius 1 is 1.24 bits per heavy atom. The predicted octanol–water partition coefficient (Wildman–Crippen LogP) is 2.10. The minimum atomic E-state index is -1.05. The van der Waals surface area contributed by atoms with Gasteiger partial charge in [0.05, 0.1) is 5.69 Å². The number of benzene rings is 1. The zero-order valence-electron chi connectivity index (χ0n) is 9.48. The zero-order valence-corrected chi connectivity index (χ0v) is 9.48. The van der Waals surface area contributed by atoms with Crippen LogP contribution in [0, 0.1) is 13.8 Å². The highest BCUT2D eigenvalue weighted by molar-refractivity contribution is 5.86. The van der Waals surface area contributed by atoms with Gasteiger partial charge in [-0.1, -0.05) is 0 Å². The summed E-state index contributed by atoms with van der Waals surface area (Å²) in [5.74, 6) is -0.793. The van der Waals surface area contributed by atoms with E-state index < -0.39 is 5.97 Å². The van der Waals surface area contributed by atoms with Crippen LogP contribution < -0.4 is 0 Å². The van der Waals surface area contributed by atoms with Crippen molar-refractivity contribution in [3.63, 3.8) is 0 Å². The summed E-state index contributed by atoms with van der Waals surface area (Å²) in [5.41, 5.74) is 2.85. The van der Waals surface area contributed by atoms with Gasteiger partial charge in [-0.2, -0.15) is 5.10 Å². The van der Waals surface area contributed by atoms with E-state index in [0.29, 0.717) is 5.69 Å². The first-order valence-corrected chi connectivity index (χ1v) is 5.08. The molecule has 17 heavy (non-hydrogen) atoms. The molecule has 0 radical (unpaired) electrons. The quantitative estimate of drug-likeness (QED) is 0.740. The number of nitrogens with one attached hydrogen (secondary N) is 1. The monoisotopic (exact) mass is 232 g/mol. The molecular weight excluding hydrogens is 220 g/mol. The van der Waals surface area contributed by atoms with Crippen LogP contribution in [-0.2, 0) is 0 Å². The molecule has 5 heteroatoms. The SMILES string of the molecule is Cc1cc(-c2cc(C(=O)O)[nH]n2)cc(C)c1O. The first-order valence-electron chi connectivity index (χ1n) is 5.08. The van der Waals surface area contributed by atoms with Crippen molar-refractivity contribution in [1.82, 2.24) is 10.2 Å². The van der Waals surface area contributed by atoms with Gasteiger partial charge in [-0.25, -0.2) is 4.79 Å². The molecule has 0 aliphatic carbocycles. The van der Waals surface area contributed by atoms with Crippen molar-refractivity contribution >= 4 is 5.97 Å². The highest BCUT2D eigenvalue weighted by atomic mass is 16.4. The summed E-state index contributed by atoms with van der Waals surface area (Å²) in [6, 6.07) is 5.00. The molecule has 5 nitrogen and oxygen atoms in total. The van der Waals surface area contributed by atoms with E-state index in [4.69, 9.17) is 5.11 Å². The van der Waals surface area contributed by atoms with Gasteiger partial charge >= 0.3 is 5.97 Å². The predicted molar refractivity (Wildman–Crippen MR) is 62.1 cm³/mol. The van der Waals surface area contributed by atoms with Crippen molar-refractivity contribution < 1.29 is 15.0 Å². The van der Waals surface area contributed by atoms with Gasteiger partial charge in [0.2, 0.25) is 0 Å². The number of H-pyrrole nitrogens is 1. The highest BCUT2D eigenvalue weighted by Gasteiger charge is 2.11. The van der Waals surface area contributed by atoms with Crippen molar-refractivity contribution in [1.29, 1.82) is 0 Å². The minimum Gasteiger partial charge on any atom is -0.507 e. The summed E-state index contributed by atoms with van der Waals surface area (Å²) >= 11 is 0. The van der Waals surface area contributed by atoms with E-state index in [0.717, 1.165) is 16.7 Å². The average molecular weight is 232 g/mol. The van der Waals surface area contributed by atoms with Gasteiger partial charge in [0, 0.05) is 5.56 Å². The number of hydrogen-bond donors (Lipinski definition) is 3. The molecule has 1 aromatic heterocycles. The van der Waals surface area contributed by atoms with Crippen LogP contribution in [0.3, 0.4) is 0 Å². The van der Waals surface area contributed by atoms with Gasteiger partial charge in [-0.15, -0.1) is 0 Å². The summed E-state index contributed by atoms with van der Waals surface area (Å²) in [5, 5.41) is 24.8. The highest BCUT2D eigenvalue weighted by Crippen LogP contribution is 2.28. The molecule has 0 saturated heterocycles. The molecule has 0 unspecified atom stereocenters. The molecule has 0 atom stereocenters. The molecule has 1 aromatic carbocycles. The van der Waals surface area contributed by atoms with Gasteiger partial charge < -0.3 is 10.2 Å². The summed E-state index contributed by atoms with van der Waals surface area (Å²) in [6.07, 6.45) is 0. The fraction of sp³-hybridized carbons (Fsp3) is 0.167. The Morgan fingerprint density at radius 2 is 1.82 bits per heavy atom. The number of carbonyl (C=O) groups is 1. The second-order valence-corrected chi connectivity index (χ2v) is 3.93. The molecule has 0 aliphatic rings. The lowest BCUT2D eigenvalue weighted by molar-refractivity contribution is 0.0690. The maximum absolute atomic E-state index is 10.7. The van der Waals surface area contributed by atoms with Crippen LogP contribution in [0.4, 0.5) is 0 Å². The van der Waals surface area contributed by atoms with E-state index in [1.54, 1.807) is 26.0 Å². The van der Waals surface area contributed by atoms with E-state index >= 15 is 0 Å². The largest absolute Gasteiger partial charge is 0.507 e. The maximum atomic E-state index is 10.7. The molecule has 3 N–H and O–H groups in total. The van der Waals surface area contributed by atoms with Crippen LogP contribution in [0.25, 0.3) is 11.3 Å². The van der Waals surface area contributed by atoms with Crippen LogP contribution in [0.2, 0.25) is 0 Å². The van der Waals surface area contributed by atoms with Crippen LogP contribution in [-0.4, -0.2) is 26.4 Å². The second-order valence-electron chi connectivity index (χ2n) is 3.93. The molecule has 1 heterocycles. The van der Waals surface area contributed by atoms with E-state index in [1.807, 2.05) is 0 Å². The van der Waals surface area contributed by atoms with Crippen molar-refractivity contribution in [2.75, 3.05) is 0 Å². The third-order valence-corrected chi connectivity index (χ3v) is 2.60. The fourth-order valence-electron chi connectivity index (χ4n) is 1.68. The fourth-order valence-corrected chi connectivity index (χ4v) is 1.68. The Balaban J connectivity index is 2.49. The number of hydrogen-bond acceptors (Lipinski definition) is 3. The molecule has 88 valence electrons. The molecule has 2 aromatic rings. The number of aromatic amines is 1. The Bertz CT molecular complexity index is 564. The molecule has 0 saturated carbocycles. The number of aromatic carboxylic acids is 1. The van der Waals surface area contributed by atoms with E-state index in [9.17, 15) is 9.90 Å². The number of phenolic OH excluding ortho intramolecular Hbond substituents is 1. The summed E-state index contributed by atoms with van der Waals surface area (Å²) in [6.45, 7) is 3.58. The Labute approximate surface area is 97.7 Å². The number of carboxylic acids is 1. The van der Waals surface area contributed by atoms with Gasteiger partial charge in [0.1, 0.15) is 11.4 Å². The number of aromatic nitrogens is 2. The molecule has 0 bridgehead atoms. The third-order valence-electron chi connectivity index (χ3n) is 2.60. The van der Waals surface area contributed by atoms with Gasteiger partial charge in [-0.05, 0) is 43.2 Å². The summed E-state index contributed by atoms with van der Waals surface area (Å²) < 4.78 is 0. The average Bonchev–Trinajstić information content (AvgIpc) is 2.74. The Morgan fingerprint density at radius 3 is 2.29 bits per heavy atom. The van der Waals surface area contributed by atoms with Gasteiger partial charge in [-0.3, -0.25) is 5.10 Å². The summed E-state index contributed by atoms with van der Waals surface area (Å²) in [7, 11) is 0. The Hall–Kier alpha value is -2.30. The van der Waals surface area contributed by atoms with Crippen LogP contribution in [0.5, 0.6) is 5.75 Å². The lowest BCUT2D eigenvalue weighted by Gasteiger charge is -2.05. The van der Waals surface area contributed by atoms with E-state index in [1.165, 1.54) is 6.07 Å². The normalized spacial score (nSPS) is 10.5. The van der Waals surface area contributed by atoms with Crippen LogP contribution in [0.15, 0.2) is 18.2 Å². The van der Waals surface area contributed by atoms with Crippen molar-refractivity contribution in [2.24, 2.45) is 0 Å². The number of carboxylic acid groups (broad SMARTS) is 1. The lowest BCUT2D eigenvalue weighted by atomic mass is 10.0. The second kappa shape index (κ2) is 3.93. The number of phenols is 1. The van der Waals surface area contributed by atoms with E-state index in [-0.39, 0.29) is 11.4 Å². The Kier molecular flexibility index (Phi) is 2.59. The number of aryl methyl sites for hydroxylation is 2. The molecule has 0 spiro atoms. The molecule has 2 rings (SSSR count). The van der Waals surface area contributed by atoms with Gasteiger partial charge in [0.25, 0.3) is 0 Å². The first kappa shape index (κ1) is 11.2. The number of rotatable bonds is 2. The molecule has 0 fully saturated rings. The van der Waals surface area contributed by atoms with Crippen molar-refractivity contribution in [3.05, 3.63) is 35.0 Å². The number of aromatic hydroxyl groups is 1. The van der Waals surface area contributed by atoms with Crippen LogP contribution in [0.1, 0.15) is 21.6 Å². The smallest absolute Gasteiger partial charge is 0.353 e. The van der Waals surface area contributed by atoms with Crippen molar-refractivity contribution in [2.45, 2.75) is 13.8 Å². The van der Waals surface area contributed by atoms with Crippen LogP contribution >= 0.6 is 0 Å². The van der Waals surface area contributed by atoms with E-state index in [2.05, 4.69) is 10.2 Å². The topological polar surface area (TPSA) is 86.2 Å². The standard InChI is InChI=1S/C12H12N2O3/c1-6-3-8(4-7(2)11(6)15)9-5-10(12(16)17)14-13-9/h3-5,15H,1-2H3,(H,13,14)(H,16,17). The summed E-state index contributed by atoms with van der Waals surface area (Å²) in [4.78, 5) is 10.7. The number of nitrogens with zero attached hydrogens (tertiary/aromatic N) is 1. The third kappa shape index (κ3) is 1.99. The molecule has 0 aliphatic heterocycles. The first-order chi connectivity index (χ1) is 7.99. The maximum Gasteiger partial charge on any atom is 0.353 e. The van der Waals surface area contributed by atoms with Crippen molar-refractivity contribution in [3.8, 4) is 17.0 Å². The lowest BCUT2D eigenvalue weighted by Crippen LogP contribution is -1.95. The molecular formula is C12H12N2O3. The zero-order chi connectivity index (χ0) is 12.6. The minimum absolute atomic E-state index is 0.0448. The molecule has 0 amide bonds.